The first-order valence-electron chi connectivity index (χ1n) is 6.74. The number of hydrogen-bond donors (Lipinski definition) is 3. The van der Waals surface area contributed by atoms with Gasteiger partial charge in [-0.3, -0.25) is 14.3 Å². The van der Waals surface area contributed by atoms with E-state index in [-0.39, 0.29) is 11.4 Å². The van der Waals surface area contributed by atoms with Gasteiger partial charge in [-0.05, 0) is 23.6 Å². The van der Waals surface area contributed by atoms with E-state index in [4.69, 9.17) is 5.11 Å². The average Bonchev–Trinajstić information content (AvgIpc) is 2.95. The van der Waals surface area contributed by atoms with Crippen LogP contribution in [-0.4, -0.2) is 31.7 Å². The molecule has 1 aliphatic carbocycles. The lowest BCUT2D eigenvalue weighted by atomic mass is 10.1. The lowest BCUT2D eigenvalue weighted by Crippen LogP contribution is -2.18. The Morgan fingerprint density at radius 2 is 1.87 bits per heavy atom. The number of amides is 1. The second-order valence-electron chi connectivity index (χ2n) is 6.17. The van der Waals surface area contributed by atoms with Crippen LogP contribution >= 0.6 is 0 Å². The molecule has 0 heterocycles. The molecule has 0 bridgehead atoms. The molecular formula is C14H17FN2O5S. The van der Waals surface area contributed by atoms with Gasteiger partial charge >= 0.3 is 5.97 Å². The van der Waals surface area contributed by atoms with Crippen molar-refractivity contribution in [2.24, 2.45) is 17.3 Å². The van der Waals surface area contributed by atoms with Crippen LogP contribution in [0.15, 0.2) is 18.2 Å². The summed E-state index contributed by atoms with van der Waals surface area (Å²) in [6.07, 6.45) is 0.892. The molecule has 0 aromatic heterocycles. The van der Waals surface area contributed by atoms with Crippen molar-refractivity contribution in [1.82, 2.24) is 0 Å². The minimum absolute atomic E-state index is 0.124. The van der Waals surface area contributed by atoms with E-state index in [1.165, 1.54) is 12.1 Å². The van der Waals surface area contributed by atoms with Crippen molar-refractivity contribution in [2.45, 2.75) is 13.8 Å². The summed E-state index contributed by atoms with van der Waals surface area (Å²) in [5, 5.41) is 11.5. The van der Waals surface area contributed by atoms with E-state index in [0.717, 1.165) is 12.3 Å². The molecule has 0 aliphatic heterocycles. The van der Waals surface area contributed by atoms with Crippen molar-refractivity contribution >= 4 is 33.3 Å². The zero-order valence-corrected chi connectivity index (χ0v) is 13.6. The Labute approximate surface area is 132 Å². The van der Waals surface area contributed by atoms with E-state index in [1.807, 2.05) is 4.72 Å². The second-order valence-corrected chi connectivity index (χ2v) is 7.92. The summed E-state index contributed by atoms with van der Waals surface area (Å²) in [6.45, 7) is 3.35. The highest BCUT2D eigenvalue weighted by atomic mass is 32.2. The van der Waals surface area contributed by atoms with Gasteiger partial charge in [0, 0.05) is 5.69 Å². The smallest absolute Gasteiger partial charge is 0.307 e. The number of halogens is 1. The van der Waals surface area contributed by atoms with Gasteiger partial charge in [0.05, 0.1) is 23.8 Å². The third-order valence-corrected chi connectivity index (χ3v) is 4.50. The highest BCUT2D eigenvalue weighted by Crippen LogP contribution is 2.58. The van der Waals surface area contributed by atoms with Gasteiger partial charge in [-0.15, -0.1) is 0 Å². The first-order chi connectivity index (χ1) is 10.4. The van der Waals surface area contributed by atoms with Gasteiger partial charge in [0.15, 0.2) is 0 Å². The molecule has 1 aromatic carbocycles. The Morgan fingerprint density at radius 3 is 2.30 bits per heavy atom. The summed E-state index contributed by atoms with van der Waals surface area (Å²) in [7, 11) is -3.61. The number of carbonyl (C=O) groups excluding carboxylic acids is 1. The van der Waals surface area contributed by atoms with Gasteiger partial charge in [-0.25, -0.2) is 12.8 Å². The first-order valence-corrected chi connectivity index (χ1v) is 8.63. The summed E-state index contributed by atoms with van der Waals surface area (Å²) in [5.74, 6) is -3.88. The largest absolute Gasteiger partial charge is 0.481 e. The van der Waals surface area contributed by atoms with E-state index < -0.39 is 45.0 Å². The third kappa shape index (κ3) is 3.61. The van der Waals surface area contributed by atoms with E-state index in [1.54, 1.807) is 13.8 Å². The highest BCUT2D eigenvalue weighted by molar-refractivity contribution is 7.92. The molecule has 1 saturated carbocycles. The standard InChI is InChI=1S/C14H17FN2O5S/c1-14(2)10(11(14)13(19)20)12(18)16-7-4-5-9(8(15)6-7)17-23(3,21)22/h4-6,10-11,17H,1-3H3,(H,16,18)(H,19,20)/t10-,11-/m1/s1. The number of rotatable bonds is 5. The van der Waals surface area contributed by atoms with Crippen LogP contribution in [0, 0.1) is 23.1 Å². The summed E-state index contributed by atoms with van der Waals surface area (Å²) < 4.78 is 38.0. The molecule has 0 spiro atoms. The van der Waals surface area contributed by atoms with Gasteiger partial charge in [-0.2, -0.15) is 0 Å². The van der Waals surface area contributed by atoms with Crippen LogP contribution in [0.25, 0.3) is 0 Å². The quantitative estimate of drug-likeness (QED) is 0.749. The van der Waals surface area contributed by atoms with E-state index >= 15 is 0 Å². The first kappa shape index (κ1) is 17.2. The van der Waals surface area contributed by atoms with Crippen molar-refractivity contribution in [3.63, 3.8) is 0 Å². The van der Waals surface area contributed by atoms with Crippen LogP contribution in [0.4, 0.5) is 15.8 Å². The Kier molecular flexibility index (Phi) is 4.10. The number of aliphatic carboxylic acids is 1. The monoisotopic (exact) mass is 344 g/mol. The summed E-state index contributed by atoms with van der Waals surface area (Å²) >= 11 is 0. The number of anilines is 2. The molecule has 126 valence electrons. The van der Waals surface area contributed by atoms with Gasteiger partial charge in [0.2, 0.25) is 15.9 Å². The van der Waals surface area contributed by atoms with Crippen LogP contribution < -0.4 is 10.0 Å². The second kappa shape index (κ2) is 5.48. The molecule has 1 aliphatic rings. The number of carboxylic acids is 1. The van der Waals surface area contributed by atoms with E-state index in [9.17, 15) is 22.4 Å². The van der Waals surface area contributed by atoms with Gasteiger partial charge in [0.25, 0.3) is 0 Å². The number of sulfonamides is 1. The average molecular weight is 344 g/mol. The number of benzene rings is 1. The minimum atomic E-state index is -3.61. The molecule has 1 amide bonds. The van der Waals surface area contributed by atoms with Crippen LogP contribution in [-0.2, 0) is 19.6 Å². The Morgan fingerprint density at radius 1 is 1.26 bits per heavy atom. The van der Waals surface area contributed by atoms with E-state index in [2.05, 4.69) is 5.32 Å². The zero-order valence-electron chi connectivity index (χ0n) is 12.8. The third-order valence-electron chi connectivity index (χ3n) is 3.91. The van der Waals surface area contributed by atoms with Crippen LogP contribution in [0.2, 0.25) is 0 Å². The lowest BCUT2D eigenvalue weighted by Gasteiger charge is -2.09. The summed E-state index contributed by atoms with van der Waals surface area (Å²) in [4.78, 5) is 23.2. The summed E-state index contributed by atoms with van der Waals surface area (Å²) in [5.41, 5.74) is -0.772. The molecule has 2 atom stereocenters. The van der Waals surface area contributed by atoms with Crippen molar-refractivity contribution in [2.75, 3.05) is 16.3 Å². The molecule has 0 saturated heterocycles. The fourth-order valence-corrected chi connectivity index (χ4v) is 3.25. The lowest BCUT2D eigenvalue weighted by molar-refractivity contribution is -0.140. The van der Waals surface area contributed by atoms with Crippen molar-refractivity contribution in [3.05, 3.63) is 24.0 Å². The number of carboxylic acid groups (broad SMARTS) is 1. The molecule has 3 N–H and O–H groups in total. The predicted molar refractivity (Wildman–Crippen MR) is 81.9 cm³/mol. The normalized spacial score (nSPS) is 22.3. The Bertz CT molecular complexity index is 775. The predicted octanol–water partition coefficient (Wildman–Crippen LogP) is 1.49. The molecule has 0 radical (unpaired) electrons. The maximum absolute atomic E-state index is 13.8. The molecule has 7 nitrogen and oxygen atoms in total. The van der Waals surface area contributed by atoms with E-state index in [0.29, 0.717) is 0 Å². The van der Waals surface area contributed by atoms with Gasteiger partial charge in [0.1, 0.15) is 5.82 Å². The number of nitrogens with one attached hydrogen (secondary N) is 2. The number of carbonyl (C=O) groups is 2. The van der Waals surface area contributed by atoms with Gasteiger partial charge < -0.3 is 10.4 Å². The Balaban J connectivity index is 2.11. The van der Waals surface area contributed by atoms with Crippen LogP contribution in [0.3, 0.4) is 0 Å². The van der Waals surface area contributed by atoms with Crippen LogP contribution in [0.1, 0.15) is 13.8 Å². The minimum Gasteiger partial charge on any atom is -0.481 e. The zero-order chi connectivity index (χ0) is 17.6. The van der Waals surface area contributed by atoms with Gasteiger partial charge in [-0.1, -0.05) is 13.8 Å². The van der Waals surface area contributed by atoms with Crippen molar-refractivity contribution in [1.29, 1.82) is 0 Å². The topological polar surface area (TPSA) is 113 Å². The fourth-order valence-electron chi connectivity index (χ4n) is 2.68. The SMILES string of the molecule is CC1(C)[C@@H](C(=O)O)[C@@H]1C(=O)Nc1ccc(NS(C)(=O)=O)c(F)c1. The summed E-state index contributed by atoms with van der Waals surface area (Å²) in [6, 6.07) is 3.48. The van der Waals surface area contributed by atoms with Crippen molar-refractivity contribution < 1.29 is 27.5 Å². The molecule has 2 rings (SSSR count). The molecule has 1 aromatic rings. The fraction of sp³-hybridized carbons (Fsp3) is 0.429. The highest BCUT2D eigenvalue weighted by Gasteiger charge is 2.65. The van der Waals surface area contributed by atoms with Crippen LogP contribution in [0.5, 0.6) is 0 Å². The molecular weight excluding hydrogens is 327 g/mol. The molecule has 0 unspecified atom stereocenters. The molecule has 9 heteroatoms. The number of hydrogen-bond acceptors (Lipinski definition) is 4. The molecule has 1 fully saturated rings. The Hall–Kier alpha value is -2.16. The maximum atomic E-state index is 13.8. The van der Waals surface area contributed by atoms with Crippen molar-refractivity contribution in [3.8, 4) is 0 Å². The maximum Gasteiger partial charge on any atom is 0.307 e. The molecule has 23 heavy (non-hydrogen) atoms.